The average Bonchev–Trinajstić information content (AvgIpc) is 2.91. The number of amides is 2. The van der Waals surface area contributed by atoms with Crippen molar-refractivity contribution in [3.8, 4) is 12.1 Å². The molecule has 0 saturated carbocycles. The molecule has 0 unspecified atom stereocenters. The van der Waals surface area contributed by atoms with Crippen molar-refractivity contribution in [2.45, 2.75) is 64.2 Å². The van der Waals surface area contributed by atoms with Crippen molar-refractivity contribution in [3.05, 3.63) is 71.8 Å². The van der Waals surface area contributed by atoms with Gasteiger partial charge >= 0.3 is 0 Å². The van der Waals surface area contributed by atoms with Crippen LogP contribution in [0.15, 0.2) is 60.7 Å². The van der Waals surface area contributed by atoms with E-state index in [-0.39, 0.29) is 11.8 Å². The first-order chi connectivity index (χ1) is 17.6. The third-order valence-corrected chi connectivity index (χ3v) is 6.25. The summed E-state index contributed by atoms with van der Waals surface area (Å²) in [6.07, 6.45) is 6.56. The van der Waals surface area contributed by atoms with Crippen LogP contribution in [0.25, 0.3) is 0 Å². The lowest BCUT2D eigenvalue weighted by Crippen LogP contribution is -2.33. The van der Waals surface area contributed by atoms with E-state index in [1.807, 2.05) is 36.4 Å². The van der Waals surface area contributed by atoms with Crippen molar-refractivity contribution in [2.24, 2.45) is 0 Å². The van der Waals surface area contributed by atoms with Gasteiger partial charge in [0.05, 0.1) is 25.0 Å². The molecule has 190 valence electrons. The number of unbranched alkanes of at least 4 members (excludes halogenated alkanes) is 3. The summed E-state index contributed by atoms with van der Waals surface area (Å²) < 4.78 is 0. The molecule has 0 radical (unpaired) electrons. The maximum absolute atomic E-state index is 12.7. The highest BCUT2D eigenvalue weighted by Crippen LogP contribution is 2.11. The van der Waals surface area contributed by atoms with Gasteiger partial charge in [0.1, 0.15) is 0 Å². The average molecular weight is 487 g/mol. The van der Waals surface area contributed by atoms with Crippen LogP contribution >= 0.6 is 0 Å². The topological polar surface area (TPSA) is 88.2 Å². The van der Waals surface area contributed by atoms with Gasteiger partial charge in [-0.15, -0.1) is 0 Å². The van der Waals surface area contributed by atoms with Gasteiger partial charge in [0.2, 0.25) is 11.8 Å². The SMILES string of the molecule is N#CCCN(CCc1ccccc1)C(=O)CCCCCCC(=O)N(CCC#N)CCc1ccccc1. The fourth-order valence-corrected chi connectivity index (χ4v) is 4.13. The van der Waals surface area contributed by atoms with Gasteiger partial charge in [-0.25, -0.2) is 0 Å². The number of carbonyl (C=O) groups excluding carboxylic acids is 2. The molecule has 0 spiro atoms. The molecule has 0 aliphatic rings. The van der Waals surface area contributed by atoms with Gasteiger partial charge in [-0.3, -0.25) is 9.59 Å². The van der Waals surface area contributed by atoms with E-state index in [9.17, 15) is 9.59 Å². The van der Waals surface area contributed by atoms with Gasteiger partial charge < -0.3 is 9.80 Å². The van der Waals surface area contributed by atoms with E-state index < -0.39 is 0 Å². The number of nitriles is 2. The number of rotatable bonds is 17. The highest BCUT2D eigenvalue weighted by Gasteiger charge is 2.14. The number of hydrogen-bond donors (Lipinski definition) is 0. The Kier molecular flexibility index (Phi) is 14.1. The maximum atomic E-state index is 12.7. The van der Waals surface area contributed by atoms with Crippen LogP contribution in [-0.4, -0.2) is 47.8 Å². The Hall–Kier alpha value is -3.64. The largest absolute Gasteiger partial charge is 0.341 e. The fourth-order valence-electron chi connectivity index (χ4n) is 4.13. The molecule has 0 aromatic heterocycles. The minimum absolute atomic E-state index is 0.0980. The van der Waals surface area contributed by atoms with Crippen molar-refractivity contribution in [2.75, 3.05) is 26.2 Å². The molecule has 2 aromatic rings. The molecule has 0 aliphatic carbocycles. The van der Waals surface area contributed by atoms with Gasteiger partial charge in [0.15, 0.2) is 0 Å². The van der Waals surface area contributed by atoms with Crippen molar-refractivity contribution in [1.82, 2.24) is 9.80 Å². The lowest BCUT2D eigenvalue weighted by Gasteiger charge is -2.22. The summed E-state index contributed by atoms with van der Waals surface area (Å²) in [5.74, 6) is 0.196. The van der Waals surface area contributed by atoms with Crippen molar-refractivity contribution in [3.63, 3.8) is 0 Å². The molecule has 0 bridgehead atoms. The molecule has 0 heterocycles. The molecule has 0 fully saturated rings. The molecular weight excluding hydrogens is 448 g/mol. The fraction of sp³-hybridized carbons (Fsp3) is 0.467. The van der Waals surface area contributed by atoms with Gasteiger partial charge in [-0.1, -0.05) is 73.5 Å². The Balaban J connectivity index is 1.68. The molecule has 0 aliphatic heterocycles. The van der Waals surface area contributed by atoms with Crippen molar-refractivity contribution < 1.29 is 9.59 Å². The van der Waals surface area contributed by atoms with Crippen LogP contribution in [0.4, 0.5) is 0 Å². The van der Waals surface area contributed by atoms with E-state index in [0.717, 1.165) is 38.5 Å². The summed E-state index contributed by atoms with van der Waals surface area (Å²) in [5.41, 5.74) is 2.37. The quantitative estimate of drug-likeness (QED) is 0.284. The van der Waals surface area contributed by atoms with Crippen LogP contribution < -0.4 is 0 Å². The zero-order valence-electron chi connectivity index (χ0n) is 21.3. The zero-order valence-corrected chi connectivity index (χ0v) is 21.3. The molecule has 0 saturated heterocycles. The second-order valence-corrected chi connectivity index (χ2v) is 8.96. The zero-order chi connectivity index (χ0) is 25.8. The van der Waals surface area contributed by atoms with Crippen LogP contribution in [0.5, 0.6) is 0 Å². The second kappa shape index (κ2) is 17.7. The summed E-state index contributed by atoms with van der Waals surface area (Å²) in [7, 11) is 0. The van der Waals surface area contributed by atoms with Gasteiger partial charge in [-0.2, -0.15) is 10.5 Å². The van der Waals surface area contributed by atoms with Gasteiger partial charge in [0, 0.05) is 39.0 Å². The van der Waals surface area contributed by atoms with Crippen molar-refractivity contribution in [1.29, 1.82) is 10.5 Å². The lowest BCUT2D eigenvalue weighted by molar-refractivity contribution is -0.132. The summed E-state index contributed by atoms with van der Waals surface area (Å²) in [6.45, 7) is 2.19. The molecule has 2 aromatic carbocycles. The maximum Gasteiger partial charge on any atom is 0.222 e. The Morgan fingerprint density at radius 3 is 1.33 bits per heavy atom. The highest BCUT2D eigenvalue weighted by molar-refractivity contribution is 5.76. The van der Waals surface area contributed by atoms with Gasteiger partial charge in [-0.05, 0) is 36.8 Å². The predicted molar refractivity (Wildman–Crippen MR) is 142 cm³/mol. The first kappa shape index (κ1) is 28.6. The second-order valence-electron chi connectivity index (χ2n) is 8.96. The lowest BCUT2D eigenvalue weighted by atomic mass is 10.1. The normalized spacial score (nSPS) is 10.3. The first-order valence-corrected chi connectivity index (χ1v) is 13.0. The highest BCUT2D eigenvalue weighted by atomic mass is 16.2. The van der Waals surface area contributed by atoms with E-state index >= 15 is 0 Å². The number of carbonyl (C=O) groups is 2. The number of nitrogens with zero attached hydrogens (tertiary/aromatic N) is 4. The van der Waals surface area contributed by atoms with E-state index in [2.05, 4.69) is 36.4 Å². The number of benzene rings is 2. The van der Waals surface area contributed by atoms with Crippen LogP contribution in [0.1, 0.15) is 62.5 Å². The monoisotopic (exact) mass is 486 g/mol. The van der Waals surface area contributed by atoms with Crippen LogP contribution in [0.2, 0.25) is 0 Å². The third-order valence-electron chi connectivity index (χ3n) is 6.25. The number of hydrogen-bond acceptors (Lipinski definition) is 4. The summed E-state index contributed by atoms with van der Waals surface area (Å²) in [6, 6.07) is 24.4. The smallest absolute Gasteiger partial charge is 0.222 e. The Labute approximate surface area is 216 Å². The van der Waals surface area contributed by atoms with E-state index in [1.165, 1.54) is 11.1 Å². The van der Waals surface area contributed by atoms with Crippen LogP contribution in [-0.2, 0) is 22.4 Å². The molecule has 6 nitrogen and oxygen atoms in total. The van der Waals surface area contributed by atoms with Crippen LogP contribution in [0.3, 0.4) is 0 Å². The minimum atomic E-state index is 0.0980. The molecule has 2 amide bonds. The van der Waals surface area contributed by atoms with Crippen LogP contribution in [0, 0.1) is 22.7 Å². The Morgan fingerprint density at radius 2 is 0.972 bits per heavy atom. The van der Waals surface area contributed by atoms with Crippen molar-refractivity contribution >= 4 is 11.8 Å². The molecule has 36 heavy (non-hydrogen) atoms. The van der Waals surface area contributed by atoms with Gasteiger partial charge in [0.25, 0.3) is 0 Å². The summed E-state index contributed by atoms with van der Waals surface area (Å²) >= 11 is 0. The third kappa shape index (κ3) is 11.7. The molecule has 0 N–H and O–H groups in total. The summed E-state index contributed by atoms with van der Waals surface area (Å²) in [5, 5.41) is 17.9. The molecule has 2 rings (SSSR count). The van der Waals surface area contributed by atoms with E-state index in [1.54, 1.807) is 9.80 Å². The minimum Gasteiger partial charge on any atom is -0.341 e. The molecule has 0 atom stereocenters. The molecule has 6 heteroatoms. The molecular formula is C30H38N4O2. The Bertz CT molecular complexity index is 898. The summed E-state index contributed by atoms with van der Waals surface area (Å²) in [4.78, 5) is 29.0. The van der Waals surface area contributed by atoms with E-state index in [4.69, 9.17) is 10.5 Å². The van der Waals surface area contributed by atoms with E-state index in [0.29, 0.717) is 51.9 Å². The first-order valence-electron chi connectivity index (χ1n) is 13.0. The standard InChI is InChI=1S/C30H38N4O2/c31-21-11-23-33(25-19-27-13-5-3-6-14-27)29(35)17-9-1-2-10-18-30(36)34(24-12-22-32)26-20-28-15-7-4-8-16-28/h3-8,13-16H,1-2,9-12,17-20,23-26H2. The predicted octanol–water partition coefficient (Wildman–Crippen LogP) is 5.30. The Morgan fingerprint density at radius 1 is 0.583 bits per heavy atom.